The number of nitrogens with zero attached hydrogens (tertiary/aromatic N) is 1. The Labute approximate surface area is 160 Å². The Morgan fingerprint density at radius 2 is 1.75 bits per heavy atom. The van der Waals surface area contributed by atoms with E-state index in [9.17, 15) is 18.0 Å². The Bertz CT molecular complexity index is 832. The van der Waals surface area contributed by atoms with E-state index in [-0.39, 0.29) is 11.3 Å². The molecule has 0 heterocycles. The molecule has 0 spiro atoms. The number of carbonyl (C=O) groups is 1. The molecular formula is C19H20F3N3O3. The van der Waals surface area contributed by atoms with E-state index in [2.05, 4.69) is 20.6 Å². The summed E-state index contributed by atoms with van der Waals surface area (Å²) in [7, 11) is 0. The van der Waals surface area contributed by atoms with E-state index in [1.54, 1.807) is 45.0 Å². The number of carbonyl (C=O) groups excluding carboxylic acids is 1. The average Bonchev–Trinajstić information content (AvgIpc) is 2.55. The summed E-state index contributed by atoms with van der Waals surface area (Å²) < 4.78 is 46.5. The lowest BCUT2D eigenvalue weighted by molar-refractivity contribution is -0.274. The van der Waals surface area contributed by atoms with Crippen LogP contribution in [0.1, 0.15) is 26.3 Å². The number of anilines is 2. The van der Waals surface area contributed by atoms with E-state index in [1.807, 2.05) is 6.07 Å². The number of hydrazone groups is 1. The van der Waals surface area contributed by atoms with Crippen molar-refractivity contribution in [2.75, 3.05) is 10.7 Å². The van der Waals surface area contributed by atoms with E-state index < -0.39 is 23.8 Å². The standard InChI is InChI=1S/C19H20F3N3O3/c1-18(2,3)28-17(26)24-16-10-9-15(27-19(20,21)22)11-13(16)12-23-25-14-7-5-4-6-8-14/h4-12,25H,1-3H3,(H,24,26). The molecule has 6 nitrogen and oxygen atoms in total. The predicted molar refractivity (Wildman–Crippen MR) is 101 cm³/mol. The molecule has 2 aromatic rings. The molecule has 0 aromatic heterocycles. The lowest BCUT2D eigenvalue weighted by Gasteiger charge is -2.20. The van der Waals surface area contributed by atoms with Crippen molar-refractivity contribution in [3.05, 3.63) is 54.1 Å². The Hall–Kier alpha value is -3.23. The minimum absolute atomic E-state index is 0.191. The summed E-state index contributed by atoms with van der Waals surface area (Å²) in [6, 6.07) is 12.4. The molecule has 0 bridgehead atoms. The van der Waals surface area contributed by atoms with Gasteiger partial charge in [-0.05, 0) is 51.1 Å². The maximum Gasteiger partial charge on any atom is 0.573 e. The van der Waals surface area contributed by atoms with E-state index in [0.717, 1.165) is 12.1 Å². The van der Waals surface area contributed by atoms with Gasteiger partial charge in [0, 0.05) is 5.56 Å². The Kier molecular flexibility index (Phi) is 6.50. The number of halogens is 3. The smallest absolute Gasteiger partial charge is 0.444 e. The van der Waals surface area contributed by atoms with Crippen LogP contribution >= 0.6 is 0 Å². The first-order chi connectivity index (χ1) is 13.0. The van der Waals surface area contributed by atoms with Gasteiger partial charge in [0.05, 0.1) is 17.6 Å². The van der Waals surface area contributed by atoms with Gasteiger partial charge >= 0.3 is 12.5 Å². The van der Waals surface area contributed by atoms with Crippen molar-refractivity contribution in [1.29, 1.82) is 0 Å². The summed E-state index contributed by atoms with van der Waals surface area (Å²) >= 11 is 0. The third-order valence-corrected chi connectivity index (χ3v) is 3.06. The SMILES string of the molecule is CC(C)(C)OC(=O)Nc1ccc(OC(F)(F)F)cc1C=NNc1ccccc1. The lowest BCUT2D eigenvalue weighted by atomic mass is 10.2. The van der Waals surface area contributed by atoms with E-state index in [4.69, 9.17) is 4.74 Å². The summed E-state index contributed by atoms with van der Waals surface area (Å²) in [6.45, 7) is 5.08. The fourth-order valence-electron chi connectivity index (χ4n) is 2.06. The zero-order valence-electron chi connectivity index (χ0n) is 15.5. The molecule has 0 atom stereocenters. The summed E-state index contributed by atoms with van der Waals surface area (Å²) in [5.41, 5.74) is 3.10. The molecule has 2 N–H and O–H groups in total. The molecule has 0 radical (unpaired) electrons. The fraction of sp³-hybridized carbons (Fsp3) is 0.263. The highest BCUT2D eigenvalue weighted by Gasteiger charge is 2.31. The van der Waals surface area contributed by atoms with Gasteiger partial charge in [0.2, 0.25) is 0 Å². The van der Waals surface area contributed by atoms with Crippen molar-refractivity contribution in [2.45, 2.75) is 32.7 Å². The van der Waals surface area contributed by atoms with Gasteiger partial charge in [0.25, 0.3) is 0 Å². The summed E-state index contributed by atoms with van der Waals surface area (Å²) in [5, 5.41) is 6.48. The monoisotopic (exact) mass is 395 g/mol. The second-order valence-electron chi connectivity index (χ2n) is 6.66. The van der Waals surface area contributed by atoms with Crippen LogP contribution in [0.5, 0.6) is 5.75 Å². The molecular weight excluding hydrogens is 375 g/mol. The minimum Gasteiger partial charge on any atom is -0.444 e. The number of amides is 1. The van der Waals surface area contributed by atoms with E-state index >= 15 is 0 Å². The molecule has 0 saturated heterocycles. The van der Waals surface area contributed by atoms with Crippen molar-refractivity contribution >= 4 is 23.7 Å². The predicted octanol–water partition coefficient (Wildman–Crippen LogP) is 5.38. The zero-order valence-corrected chi connectivity index (χ0v) is 15.5. The van der Waals surface area contributed by atoms with Crippen LogP contribution in [0.4, 0.5) is 29.3 Å². The van der Waals surface area contributed by atoms with Gasteiger partial charge in [-0.15, -0.1) is 13.2 Å². The highest BCUT2D eigenvalue weighted by molar-refractivity contribution is 5.95. The number of alkyl halides is 3. The van der Waals surface area contributed by atoms with Gasteiger partial charge in [-0.3, -0.25) is 10.7 Å². The van der Waals surface area contributed by atoms with Crippen LogP contribution in [0.2, 0.25) is 0 Å². The molecule has 0 aliphatic rings. The van der Waals surface area contributed by atoms with Crippen LogP contribution in [0.25, 0.3) is 0 Å². The molecule has 2 aromatic carbocycles. The quantitative estimate of drug-likeness (QED) is 0.527. The van der Waals surface area contributed by atoms with Crippen molar-refractivity contribution < 1.29 is 27.4 Å². The van der Waals surface area contributed by atoms with Crippen LogP contribution in [0.15, 0.2) is 53.6 Å². The third-order valence-electron chi connectivity index (χ3n) is 3.06. The second-order valence-corrected chi connectivity index (χ2v) is 6.66. The number of benzene rings is 2. The van der Waals surface area contributed by atoms with Gasteiger partial charge in [0.1, 0.15) is 11.4 Å². The van der Waals surface area contributed by atoms with Crippen LogP contribution in [0.3, 0.4) is 0 Å². The highest BCUT2D eigenvalue weighted by atomic mass is 19.4. The molecule has 2 rings (SSSR count). The molecule has 0 aliphatic heterocycles. The topological polar surface area (TPSA) is 72.0 Å². The largest absolute Gasteiger partial charge is 0.573 e. The van der Waals surface area contributed by atoms with Crippen LogP contribution in [-0.4, -0.2) is 24.3 Å². The lowest BCUT2D eigenvalue weighted by Crippen LogP contribution is -2.27. The number of rotatable bonds is 5. The normalized spacial score (nSPS) is 11.9. The van der Waals surface area contributed by atoms with Gasteiger partial charge in [-0.25, -0.2) is 4.79 Å². The summed E-state index contributed by atoms with van der Waals surface area (Å²) in [4.78, 5) is 12.0. The Morgan fingerprint density at radius 1 is 1.07 bits per heavy atom. The molecule has 0 fully saturated rings. The molecule has 150 valence electrons. The summed E-state index contributed by atoms with van der Waals surface area (Å²) in [5.74, 6) is -0.441. The van der Waals surface area contributed by atoms with Crippen LogP contribution < -0.4 is 15.5 Å². The number of ether oxygens (including phenoxy) is 2. The van der Waals surface area contributed by atoms with Gasteiger partial charge in [-0.2, -0.15) is 5.10 Å². The molecule has 0 aliphatic carbocycles. The first-order valence-electron chi connectivity index (χ1n) is 8.26. The molecule has 0 unspecified atom stereocenters. The van der Waals surface area contributed by atoms with Gasteiger partial charge < -0.3 is 9.47 Å². The molecule has 9 heteroatoms. The van der Waals surface area contributed by atoms with E-state index in [0.29, 0.717) is 5.69 Å². The molecule has 1 amide bonds. The van der Waals surface area contributed by atoms with Crippen LogP contribution in [0, 0.1) is 0 Å². The van der Waals surface area contributed by atoms with Gasteiger partial charge in [-0.1, -0.05) is 18.2 Å². The van der Waals surface area contributed by atoms with Crippen molar-refractivity contribution in [3.8, 4) is 5.75 Å². The maximum atomic E-state index is 12.5. The second kappa shape index (κ2) is 8.64. The van der Waals surface area contributed by atoms with Crippen molar-refractivity contribution in [1.82, 2.24) is 0 Å². The van der Waals surface area contributed by atoms with E-state index in [1.165, 1.54) is 12.3 Å². The highest BCUT2D eigenvalue weighted by Crippen LogP contribution is 2.27. The Morgan fingerprint density at radius 3 is 2.36 bits per heavy atom. The first-order valence-corrected chi connectivity index (χ1v) is 8.26. The maximum absolute atomic E-state index is 12.5. The number of hydrogen-bond donors (Lipinski definition) is 2. The molecule has 28 heavy (non-hydrogen) atoms. The number of para-hydroxylation sites is 1. The van der Waals surface area contributed by atoms with Crippen LogP contribution in [-0.2, 0) is 4.74 Å². The Balaban J connectivity index is 2.23. The number of hydrogen-bond acceptors (Lipinski definition) is 5. The first kappa shape index (κ1) is 21.1. The zero-order chi connectivity index (χ0) is 20.8. The fourth-order valence-corrected chi connectivity index (χ4v) is 2.06. The number of nitrogens with one attached hydrogen (secondary N) is 2. The minimum atomic E-state index is -4.84. The van der Waals surface area contributed by atoms with Gasteiger partial charge in [0.15, 0.2) is 0 Å². The molecule has 0 saturated carbocycles. The van der Waals surface area contributed by atoms with Crippen molar-refractivity contribution in [2.24, 2.45) is 5.10 Å². The third kappa shape index (κ3) is 7.56. The average molecular weight is 395 g/mol. The summed E-state index contributed by atoms with van der Waals surface area (Å²) in [6.07, 6.45) is -4.32. The van der Waals surface area contributed by atoms with Crippen molar-refractivity contribution in [3.63, 3.8) is 0 Å².